The average molecular weight is 254 g/mol. The number of hydrogen-bond acceptors (Lipinski definition) is 2. The van der Waals surface area contributed by atoms with Gasteiger partial charge in [0.2, 0.25) is 0 Å². The summed E-state index contributed by atoms with van der Waals surface area (Å²) >= 11 is 0. The predicted octanol–water partition coefficient (Wildman–Crippen LogP) is 3.09. The van der Waals surface area contributed by atoms with E-state index in [0.717, 1.165) is 29.2 Å². The number of carbonyl (C=O) groups excluding carboxylic acids is 1. The van der Waals surface area contributed by atoms with Crippen molar-refractivity contribution in [3.8, 4) is 0 Å². The summed E-state index contributed by atoms with van der Waals surface area (Å²) < 4.78 is 0. The molecule has 0 atom stereocenters. The second kappa shape index (κ2) is 4.92. The van der Waals surface area contributed by atoms with Gasteiger partial charge < -0.3 is 11.1 Å². The number of amides is 1. The van der Waals surface area contributed by atoms with Crippen molar-refractivity contribution in [2.45, 2.75) is 31.7 Å². The van der Waals surface area contributed by atoms with Gasteiger partial charge in [-0.05, 0) is 30.4 Å². The summed E-state index contributed by atoms with van der Waals surface area (Å²) in [5.41, 5.74) is 7.39. The number of benzene rings is 2. The molecule has 0 radical (unpaired) electrons. The van der Waals surface area contributed by atoms with Gasteiger partial charge in [0.25, 0.3) is 5.91 Å². The van der Waals surface area contributed by atoms with E-state index in [1.807, 2.05) is 36.4 Å². The van der Waals surface area contributed by atoms with E-state index in [2.05, 4.69) is 5.32 Å². The molecule has 1 aliphatic rings. The van der Waals surface area contributed by atoms with Crippen LogP contribution in [0, 0.1) is 0 Å². The Kier molecular flexibility index (Phi) is 3.11. The first-order valence-corrected chi connectivity index (χ1v) is 6.84. The van der Waals surface area contributed by atoms with Crippen LogP contribution in [0.25, 0.3) is 10.8 Å². The van der Waals surface area contributed by atoms with Crippen molar-refractivity contribution in [3.05, 3.63) is 42.0 Å². The molecule has 19 heavy (non-hydrogen) atoms. The number of anilines is 1. The van der Waals surface area contributed by atoms with Crippen molar-refractivity contribution in [2.75, 3.05) is 5.73 Å². The molecule has 0 aliphatic heterocycles. The Balaban J connectivity index is 1.95. The summed E-state index contributed by atoms with van der Waals surface area (Å²) in [6.45, 7) is 0. The van der Waals surface area contributed by atoms with Crippen molar-refractivity contribution < 1.29 is 4.79 Å². The third-order valence-corrected chi connectivity index (χ3v) is 3.89. The first-order chi connectivity index (χ1) is 9.25. The fourth-order valence-electron chi connectivity index (χ4n) is 2.85. The Hall–Kier alpha value is -2.03. The molecule has 0 heterocycles. The molecule has 2 aromatic carbocycles. The molecule has 3 nitrogen and oxygen atoms in total. The van der Waals surface area contributed by atoms with Gasteiger partial charge in [-0.2, -0.15) is 0 Å². The Labute approximate surface area is 112 Å². The molecule has 98 valence electrons. The van der Waals surface area contributed by atoms with Crippen LogP contribution in [-0.2, 0) is 0 Å². The third kappa shape index (κ3) is 2.28. The van der Waals surface area contributed by atoms with E-state index in [0.29, 0.717) is 11.7 Å². The highest BCUT2D eigenvalue weighted by Crippen LogP contribution is 2.25. The van der Waals surface area contributed by atoms with Crippen LogP contribution >= 0.6 is 0 Å². The Morgan fingerprint density at radius 1 is 1.05 bits per heavy atom. The van der Waals surface area contributed by atoms with Gasteiger partial charge in [-0.3, -0.25) is 4.79 Å². The highest BCUT2D eigenvalue weighted by atomic mass is 16.1. The van der Waals surface area contributed by atoms with Gasteiger partial charge >= 0.3 is 0 Å². The summed E-state index contributed by atoms with van der Waals surface area (Å²) in [6.07, 6.45) is 4.62. The molecule has 0 spiro atoms. The fraction of sp³-hybridized carbons (Fsp3) is 0.312. The zero-order valence-corrected chi connectivity index (χ0v) is 10.9. The minimum Gasteiger partial charge on any atom is -0.398 e. The molecular formula is C16H18N2O. The van der Waals surface area contributed by atoms with Gasteiger partial charge in [-0.15, -0.1) is 0 Å². The van der Waals surface area contributed by atoms with E-state index < -0.39 is 0 Å². The second-order valence-corrected chi connectivity index (χ2v) is 5.20. The SMILES string of the molecule is Nc1ccc(C(=O)NC2CCCC2)c2ccccc12. The maximum absolute atomic E-state index is 12.4. The van der Waals surface area contributed by atoms with Crippen LogP contribution in [0.4, 0.5) is 5.69 Å². The lowest BCUT2D eigenvalue weighted by Gasteiger charge is -2.14. The van der Waals surface area contributed by atoms with E-state index >= 15 is 0 Å². The number of nitrogens with one attached hydrogen (secondary N) is 1. The number of carbonyl (C=O) groups is 1. The standard InChI is InChI=1S/C16H18N2O/c17-15-10-9-14(12-7-3-4-8-13(12)15)16(19)18-11-5-1-2-6-11/h3-4,7-11H,1-2,5-6,17H2,(H,18,19). The monoisotopic (exact) mass is 254 g/mol. The Morgan fingerprint density at radius 2 is 1.74 bits per heavy atom. The summed E-state index contributed by atoms with van der Waals surface area (Å²) in [7, 11) is 0. The highest BCUT2D eigenvalue weighted by Gasteiger charge is 2.19. The van der Waals surface area contributed by atoms with Crippen molar-refractivity contribution in [2.24, 2.45) is 0 Å². The second-order valence-electron chi connectivity index (χ2n) is 5.20. The lowest BCUT2D eigenvalue weighted by atomic mass is 10.0. The molecule has 1 saturated carbocycles. The molecule has 2 aromatic rings. The van der Waals surface area contributed by atoms with Crippen LogP contribution in [0.3, 0.4) is 0 Å². The molecular weight excluding hydrogens is 236 g/mol. The lowest BCUT2D eigenvalue weighted by molar-refractivity contribution is 0.0939. The minimum atomic E-state index is 0.0168. The van der Waals surface area contributed by atoms with Crippen molar-refractivity contribution >= 4 is 22.4 Å². The van der Waals surface area contributed by atoms with Gasteiger partial charge in [0.05, 0.1) is 0 Å². The zero-order valence-electron chi connectivity index (χ0n) is 10.9. The van der Waals surface area contributed by atoms with Crippen LogP contribution in [0.15, 0.2) is 36.4 Å². The van der Waals surface area contributed by atoms with Crippen LogP contribution in [0.5, 0.6) is 0 Å². The summed E-state index contributed by atoms with van der Waals surface area (Å²) in [4.78, 5) is 12.4. The highest BCUT2D eigenvalue weighted by molar-refractivity contribution is 6.10. The summed E-state index contributed by atoms with van der Waals surface area (Å²) in [5.74, 6) is 0.0168. The molecule has 3 N–H and O–H groups in total. The van der Waals surface area contributed by atoms with Crippen LogP contribution in [0.2, 0.25) is 0 Å². The van der Waals surface area contributed by atoms with Crippen LogP contribution in [-0.4, -0.2) is 11.9 Å². The third-order valence-electron chi connectivity index (χ3n) is 3.89. The number of hydrogen-bond donors (Lipinski definition) is 2. The minimum absolute atomic E-state index is 0.0168. The largest absolute Gasteiger partial charge is 0.398 e. The summed E-state index contributed by atoms with van der Waals surface area (Å²) in [5, 5.41) is 5.00. The molecule has 3 heteroatoms. The maximum Gasteiger partial charge on any atom is 0.252 e. The first kappa shape index (κ1) is 12.0. The van der Waals surface area contributed by atoms with Gasteiger partial charge in [0.1, 0.15) is 0 Å². The van der Waals surface area contributed by atoms with Gasteiger partial charge in [-0.25, -0.2) is 0 Å². The average Bonchev–Trinajstić information content (AvgIpc) is 2.92. The van der Waals surface area contributed by atoms with Crippen molar-refractivity contribution in [3.63, 3.8) is 0 Å². The zero-order chi connectivity index (χ0) is 13.2. The van der Waals surface area contributed by atoms with Crippen LogP contribution < -0.4 is 11.1 Å². The topological polar surface area (TPSA) is 55.1 Å². The number of nitrogens with two attached hydrogens (primary N) is 1. The quantitative estimate of drug-likeness (QED) is 0.809. The molecule has 1 aliphatic carbocycles. The lowest BCUT2D eigenvalue weighted by Crippen LogP contribution is -2.32. The molecule has 0 saturated heterocycles. The molecule has 0 bridgehead atoms. The molecule has 0 aromatic heterocycles. The Bertz CT molecular complexity index is 615. The normalized spacial score (nSPS) is 15.8. The Morgan fingerprint density at radius 3 is 2.47 bits per heavy atom. The van der Waals surface area contributed by atoms with E-state index in [1.54, 1.807) is 0 Å². The maximum atomic E-state index is 12.4. The fourth-order valence-corrected chi connectivity index (χ4v) is 2.85. The molecule has 1 amide bonds. The molecule has 1 fully saturated rings. The van der Waals surface area contributed by atoms with E-state index in [9.17, 15) is 4.79 Å². The van der Waals surface area contributed by atoms with Gasteiger partial charge in [-0.1, -0.05) is 37.1 Å². The van der Waals surface area contributed by atoms with E-state index in [-0.39, 0.29) is 5.91 Å². The smallest absolute Gasteiger partial charge is 0.252 e. The van der Waals surface area contributed by atoms with Crippen molar-refractivity contribution in [1.29, 1.82) is 0 Å². The number of fused-ring (bicyclic) bond motifs is 1. The molecule has 3 rings (SSSR count). The van der Waals surface area contributed by atoms with E-state index in [1.165, 1.54) is 12.8 Å². The van der Waals surface area contributed by atoms with Gasteiger partial charge in [0, 0.05) is 22.7 Å². The first-order valence-electron chi connectivity index (χ1n) is 6.84. The number of rotatable bonds is 2. The predicted molar refractivity (Wildman–Crippen MR) is 78.1 cm³/mol. The molecule has 0 unspecified atom stereocenters. The van der Waals surface area contributed by atoms with E-state index in [4.69, 9.17) is 5.73 Å². The van der Waals surface area contributed by atoms with Gasteiger partial charge in [0.15, 0.2) is 0 Å². The van der Waals surface area contributed by atoms with Crippen molar-refractivity contribution in [1.82, 2.24) is 5.32 Å². The summed E-state index contributed by atoms with van der Waals surface area (Å²) in [6, 6.07) is 11.8. The number of nitrogen functional groups attached to an aromatic ring is 1. The van der Waals surface area contributed by atoms with Crippen LogP contribution in [0.1, 0.15) is 36.0 Å².